The molecule has 5 nitrogen and oxygen atoms in total. The van der Waals surface area contributed by atoms with Crippen molar-refractivity contribution < 1.29 is 9.90 Å². The number of anilines is 1. The van der Waals surface area contributed by atoms with Gasteiger partial charge in [-0.3, -0.25) is 4.79 Å². The number of aromatic nitrogens is 2. The van der Waals surface area contributed by atoms with Gasteiger partial charge in [0.15, 0.2) is 0 Å². The van der Waals surface area contributed by atoms with Crippen LogP contribution in [0.3, 0.4) is 0 Å². The van der Waals surface area contributed by atoms with Crippen molar-refractivity contribution in [2.45, 2.75) is 6.54 Å². The van der Waals surface area contributed by atoms with Crippen molar-refractivity contribution in [3.05, 3.63) is 24.5 Å². The molecule has 1 heterocycles. The van der Waals surface area contributed by atoms with Crippen molar-refractivity contribution in [3.63, 3.8) is 0 Å². The summed E-state index contributed by atoms with van der Waals surface area (Å²) < 4.78 is 1.86. The molecule has 0 fully saturated rings. The topological polar surface area (TPSA) is 67.2 Å². The summed E-state index contributed by atoms with van der Waals surface area (Å²) in [6.07, 6.45) is 2.30. The van der Waals surface area contributed by atoms with E-state index in [4.69, 9.17) is 5.11 Å². The van der Waals surface area contributed by atoms with Gasteiger partial charge < -0.3 is 15.0 Å². The predicted molar refractivity (Wildman–Crippen MR) is 56.5 cm³/mol. The molecule has 2 rings (SSSR count). The van der Waals surface area contributed by atoms with Gasteiger partial charge in [-0.05, 0) is 18.2 Å². The van der Waals surface area contributed by atoms with Crippen LogP contribution in [0.4, 0.5) is 5.69 Å². The number of hydrogen-bond acceptors (Lipinski definition) is 3. The van der Waals surface area contributed by atoms with E-state index in [1.54, 1.807) is 18.5 Å². The Hall–Kier alpha value is -1.88. The molecule has 1 aromatic heterocycles. The molecule has 0 aliphatic rings. The van der Waals surface area contributed by atoms with E-state index >= 15 is 0 Å². The molecule has 0 saturated carbocycles. The third kappa shape index (κ3) is 1.82. The number of nitrogens with zero attached hydrogens (tertiary/aromatic N) is 2. The molecule has 0 radical (unpaired) electrons. The fourth-order valence-electron chi connectivity index (χ4n) is 1.51. The minimum Gasteiger partial charge on any atom is -0.395 e. The average Bonchev–Trinajstić information content (AvgIpc) is 2.62. The molecule has 2 aromatic rings. The van der Waals surface area contributed by atoms with Crippen molar-refractivity contribution in [1.82, 2.24) is 9.55 Å². The van der Waals surface area contributed by atoms with Gasteiger partial charge in [0.1, 0.15) is 0 Å². The van der Waals surface area contributed by atoms with Crippen LogP contribution in [0.25, 0.3) is 11.0 Å². The Labute approximate surface area is 86.4 Å². The lowest BCUT2D eigenvalue weighted by Gasteiger charge is -2.01. The molecule has 78 valence electrons. The number of aliphatic hydroxyl groups is 1. The number of nitrogens with one attached hydrogen (secondary N) is 1. The first kappa shape index (κ1) is 9.67. The maximum atomic E-state index is 10.2. The maximum absolute atomic E-state index is 10.2. The van der Waals surface area contributed by atoms with E-state index in [-0.39, 0.29) is 6.61 Å². The molecular formula is C10H11N3O2. The van der Waals surface area contributed by atoms with Gasteiger partial charge in [0.25, 0.3) is 0 Å². The second-order valence-electron chi connectivity index (χ2n) is 3.13. The number of fused-ring (bicyclic) bond motifs is 1. The van der Waals surface area contributed by atoms with Crippen molar-refractivity contribution in [2.75, 3.05) is 11.9 Å². The zero-order chi connectivity index (χ0) is 10.7. The molecule has 0 aliphatic heterocycles. The Balaban J connectivity index is 2.42. The van der Waals surface area contributed by atoms with Crippen LogP contribution >= 0.6 is 0 Å². The summed E-state index contributed by atoms with van der Waals surface area (Å²) in [7, 11) is 0. The lowest BCUT2D eigenvalue weighted by Crippen LogP contribution is -2.00. The number of carbonyl (C=O) groups is 1. The monoisotopic (exact) mass is 205 g/mol. The second-order valence-corrected chi connectivity index (χ2v) is 3.13. The summed E-state index contributed by atoms with van der Waals surface area (Å²) in [6.45, 7) is 0.608. The molecule has 1 amide bonds. The van der Waals surface area contributed by atoms with E-state index in [0.29, 0.717) is 18.6 Å². The molecule has 0 spiro atoms. The minimum atomic E-state index is 0.0831. The Morgan fingerprint density at radius 3 is 3.13 bits per heavy atom. The van der Waals surface area contributed by atoms with E-state index in [1.165, 1.54) is 0 Å². The standard InChI is InChI=1S/C10H11N3O2/c14-4-3-13-6-11-9-5-8(12-7-15)1-2-10(9)13/h1-2,5-7,14H,3-4H2,(H,12,15). The predicted octanol–water partition coefficient (Wildman–Crippen LogP) is 0.597. The molecule has 0 unspecified atom stereocenters. The van der Waals surface area contributed by atoms with Gasteiger partial charge in [0.2, 0.25) is 6.41 Å². The van der Waals surface area contributed by atoms with E-state index in [1.807, 2.05) is 10.6 Å². The van der Waals surface area contributed by atoms with Gasteiger partial charge in [-0.15, -0.1) is 0 Å². The van der Waals surface area contributed by atoms with Gasteiger partial charge in [0, 0.05) is 12.2 Å². The summed E-state index contributed by atoms with van der Waals surface area (Å²) in [4.78, 5) is 14.4. The molecule has 0 aliphatic carbocycles. The number of rotatable bonds is 4. The van der Waals surface area contributed by atoms with E-state index in [2.05, 4.69) is 10.3 Å². The SMILES string of the molecule is O=CNc1ccc2c(c1)ncn2CCO. The lowest BCUT2D eigenvalue weighted by molar-refractivity contribution is -0.105. The largest absolute Gasteiger partial charge is 0.395 e. The number of benzene rings is 1. The van der Waals surface area contributed by atoms with Crippen molar-refractivity contribution in [1.29, 1.82) is 0 Å². The molecule has 1 aromatic carbocycles. The number of carbonyl (C=O) groups excluding carboxylic acids is 1. The molecule has 15 heavy (non-hydrogen) atoms. The van der Waals surface area contributed by atoms with Gasteiger partial charge in [-0.1, -0.05) is 0 Å². The normalized spacial score (nSPS) is 10.5. The highest BCUT2D eigenvalue weighted by Gasteiger charge is 2.02. The lowest BCUT2D eigenvalue weighted by atomic mass is 10.3. The van der Waals surface area contributed by atoms with E-state index in [9.17, 15) is 4.79 Å². The Morgan fingerprint density at radius 1 is 1.53 bits per heavy atom. The Bertz CT molecular complexity index is 478. The van der Waals surface area contributed by atoms with Crippen molar-refractivity contribution >= 4 is 23.1 Å². The number of hydrogen-bond donors (Lipinski definition) is 2. The van der Waals surface area contributed by atoms with Crippen LogP contribution in [0.15, 0.2) is 24.5 Å². The third-order valence-electron chi connectivity index (χ3n) is 2.19. The number of imidazole rings is 1. The number of aliphatic hydroxyl groups excluding tert-OH is 1. The first-order chi connectivity index (χ1) is 7.35. The van der Waals surface area contributed by atoms with Crippen molar-refractivity contribution in [2.24, 2.45) is 0 Å². The summed E-state index contributed by atoms with van der Waals surface area (Å²) in [5.74, 6) is 0. The van der Waals surface area contributed by atoms with E-state index < -0.39 is 0 Å². The molecule has 2 N–H and O–H groups in total. The summed E-state index contributed by atoms with van der Waals surface area (Å²) in [6, 6.07) is 5.45. The number of amides is 1. The summed E-state index contributed by atoms with van der Waals surface area (Å²) >= 11 is 0. The first-order valence-corrected chi connectivity index (χ1v) is 4.61. The molecule has 0 bridgehead atoms. The highest BCUT2D eigenvalue weighted by Crippen LogP contribution is 2.17. The molecular weight excluding hydrogens is 194 g/mol. The van der Waals surface area contributed by atoms with Gasteiger partial charge in [-0.2, -0.15) is 0 Å². The Kier molecular flexibility index (Phi) is 2.64. The van der Waals surface area contributed by atoms with E-state index in [0.717, 1.165) is 11.0 Å². The van der Waals surface area contributed by atoms with Gasteiger partial charge in [0.05, 0.1) is 24.0 Å². The zero-order valence-electron chi connectivity index (χ0n) is 8.05. The van der Waals surface area contributed by atoms with Crippen LogP contribution in [0, 0.1) is 0 Å². The van der Waals surface area contributed by atoms with Crippen LogP contribution in [0.2, 0.25) is 0 Å². The molecule has 5 heteroatoms. The highest BCUT2D eigenvalue weighted by atomic mass is 16.3. The third-order valence-corrected chi connectivity index (χ3v) is 2.19. The smallest absolute Gasteiger partial charge is 0.211 e. The molecule has 0 saturated heterocycles. The molecule has 0 atom stereocenters. The fraction of sp³-hybridized carbons (Fsp3) is 0.200. The van der Waals surface area contributed by atoms with Gasteiger partial charge >= 0.3 is 0 Å². The second kappa shape index (κ2) is 4.10. The Morgan fingerprint density at radius 2 is 2.40 bits per heavy atom. The quantitative estimate of drug-likeness (QED) is 0.718. The van der Waals surface area contributed by atoms with Crippen LogP contribution in [-0.4, -0.2) is 27.7 Å². The van der Waals surface area contributed by atoms with Crippen LogP contribution in [-0.2, 0) is 11.3 Å². The van der Waals surface area contributed by atoms with Crippen LogP contribution in [0.1, 0.15) is 0 Å². The maximum Gasteiger partial charge on any atom is 0.211 e. The van der Waals surface area contributed by atoms with Crippen LogP contribution in [0.5, 0.6) is 0 Å². The van der Waals surface area contributed by atoms with Gasteiger partial charge in [-0.25, -0.2) is 4.98 Å². The highest BCUT2D eigenvalue weighted by molar-refractivity contribution is 5.83. The van der Waals surface area contributed by atoms with Crippen LogP contribution < -0.4 is 5.32 Å². The van der Waals surface area contributed by atoms with Crippen molar-refractivity contribution in [3.8, 4) is 0 Å². The minimum absolute atomic E-state index is 0.0831. The average molecular weight is 205 g/mol. The first-order valence-electron chi connectivity index (χ1n) is 4.61. The summed E-state index contributed by atoms with van der Waals surface area (Å²) in [5, 5.41) is 11.4. The summed E-state index contributed by atoms with van der Waals surface area (Å²) in [5.41, 5.74) is 2.46. The fourth-order valence-corrected chi connectivity index (χ4v) is 1.51. The zero-order valence-corrected chi connectivity index (χ0v) is 8.05.